The van der Waals surface area contributed by atoms with E-state index < -0.39 is 19.1 Å². The molecule has 0 bridgehead atoms. The second kappa shape index (κ2) is 10.1. The molecule has 2 nitrogen and oxygen atoms in total. The first-order valence-corrected chi connectivity index (χ1v) is 4.87. The minimum Gasteiger partial charge on any atom is -0.445 e. The third kappa shape index (κ3) is 11.6. The summed E-state index contributed by atoms with van der Waals surface area (Å²) >= 11 is 0. The molecule has 0 saturated carbocycles. The molecule has 0 aliphatic rings. The summed E-state index contributed by atoms with van der Waals surface area (Å²) in [5, 5.41) is 0. The maximum absolute atomic E-state index is 12.0. The first-order chi connectivity index (χ1) is 6.84. The fourth-order valence-corrected chi connectivity index (χ4v) is 0.735. The van der Waals surface area contributed by atoms with Crippen LogP contribution in [-0.2, 0) is 9.47 Å². The Morgan fingerprint density at radius 3 is 2.12 bits per heavy atom. The van der Waals surface area contributed by atoms with Gasteiger partial charge in [-0.25, -0.2) is 0 Å². The van der Waals surface area contributed by atoms with E-state index in [2.05, 4.69) is 6.58 Å². The molecule has 0 saturated heterocycles. The van der Waals surface area contributed by atoms with Crippen LogP contribution in [-0.4, -0.2) is 33.4 Å². The largest absolute Gasteiger partial charge is 1.00 e. The molecule has 0 fully saturated rings. The zero-order chi connectivity index (χ0) is 11.9. The third-order valence-electron chi connectivity index (χ3n) is 1.57. The molecular formula is C9H17BF3KO2. The molecule has 0 aliphatic heterocycles. The van der Waals surface area contributed by atoms with Gasteiger partial charge in [-0.05, 0) is 5.92 Å². The summed E-state index contributed by atoms with van der Waals surface area (Å²) in [7, 11) is 0. The molecule has 7 heteroatoms. The molecule has 0 unspecified atom stereocenters. The maximum Gasteiger partial charge on any atom is 1.00 e. The first kappa shape index (κ1) is 19.5. The molecular weight excluding hydrogens is 247 g/mol. The van der Waals surface area contributed by atoms with Gasteiger partial charge in [0, 0.05) is 13.2 Å². The third-order valence-corrected chi connectivity index (χ3v) is 1.57. The summed E-state index contributed by atoms with van der Waals surface area (Å²) in [4.78, 5) is 0. The van der Waals surface area contributed by atoms with Crippen LogP contribution >= 0.6 is 0 Å². The fourth-order valence-electron chi connectivity index (χ4n) is 0.735. The molecule has 16 heavy (non-hydrogen) atoms. The molecule has 0 aliphatic carbocycles. The van der Waals surface area contributed by atoms with E-state index in [1.165, 1.54) is 0 Å². The zero-order valence-electron chi connectivity index (χ0n) is 10.1. The van der Waals surface area contributed by atoms with Crippen molar-refractivity contribution in [1.29, 1.82) is 0 Å². The van der Waals surface area contributed by atoms with E-state index in [0.717, 1.165) is 0 Å². The van der Waals surface area contributed by atoms with Crippen LogP contribution in [0.1, 0.15) is 13.8 Å². The van der Waals surface area contributed by atoms with Gasteiger partial charge in [-0.15, -0.1) is 12.1 Å². The van der Waals surface area contributed by atoms with Crippen LogP contribution in [0.2, 0.25) is 0 Å². The summed E-state index contributed by atoms with van der Waals surface area (Å²) in [6.07, 6.45) is 0. The van der Waals surface area contributed by atoms with Crippen molar-refractivity contribution in [3.8, 4) is 0 Å². The van der Waals surface area contributed by atoms with Crippen molar-refractivity contribution in [1.82, 2.24) is 0 Å². The van der Waals surface area contributed by atoms with Crippen LogP contribution in [0.15, 0.2) is 12.1 Å². The predicted molar refractivity (Wildman–Crippen MR) is 54.7 cm³/mol. The number of hydrogen-bond donors (Lipinski definition) is 0. The number of halogens is 3. The van der Waals surface area contributed by atoms with Gasteiger partial charge in [0.2, 0.25) is 0 Å². The van der Waals surface area contributed by atoms with Crippen LogP contribution in [0.5, 0.6) is 0 Å². The van der Waals surface area contributed by atoms with Gasteiger partial charge in [-0.3, -0.25) is 0 Å². The summed E-state index contributed by atoms with van der Waals surface area (Å²) in [6.45, 7) is 2.54. The number of rotatable bonds is 8. The topological polar surface area (TPSA) is 18.5 Å². The Hall–Kier alpha value is 1.15. The Balaban J connectivity index is 0. The van der Waals surface area contributed by atoms with E-state index >= 15 is 0 Å². The second-order valence-corrected chi connectivity index (χ2v) is 3.75. The Bertz CT molecular complexity index is 198. The Labute approximate surface area is 137 Å². The molecule has 0 amide bonds. The zero-order valence-corrected chi connectivity index (χ0v) is 13.3. The van der Waals surface area contributed by atoms with Crippen molar-refractivity contribution in [3.05, 3.63) is 12.1 Å². The molecule has 0 rings (SSSR count). The van der Waals surface area contributed by atoms with Crippen LogP contribution in [0.3, 0.4) is 0 Å². The van der Waals surface area contributed by atoms with Crippen LogP contribution in [0.4, 0.5) is 12.9 Å². The number of hydrogen-bond acceptors (Lipinski definition) is 2. The van der Waals surface area contributed by atoms with Gasteiger partial charge in [0.05, 0.1) is 13.2 Å². The summed E-state index contributed by atoms with van der Waals surface area (Å²) in [5.41, 5.74) is -0.807. The smallest absolute Gasteiger partial charge is 0.445 e. The monoisotopic (exact) mass is 264 g/mol. The molecule has 0 aromatic carbocycles. The average Bonchev–Trinajstić information content (AvgIpc) is 2.08. The van der Waals surface area contributed by atoms with Crippen molar-refractivity contribution < 1.29 is 73.8 Å². The SMILES string of the molecule is C=C(COCCOCC(C)C)[B-](F)(F)F.[K+]. The van der Waals surface area contributed by atoms with E-state index in [0.29, 0.717) is 19.1 Å². The average molecular weight is 264 g/mol. The van der Waals surface area contributed by atoms with Gasteiger partial charge in [0.1, 0.15) is 0 Å². The Kier molecular flexibility index (Phi) is 12.3. The maximum atomic E-state index is 12.0. The fraction of sp³-hybridized carbons (Fsp3) is 0.778. The standard InChI is InChI=1S/C9H17BF3O2.K/c1-8(2)6-14-4-5-15-7-9(3)10(11,12)13;/h8H,3-7H2,1-2H3;/q-1;+1. The van der Waals surface area contributed by atoms with E-state index in [1.807, 2.05) is 13.8 Å². The summed E-state index contributed by atoms with van der Waals surface area (Å²) in [6, 6.07) is 0. The number of ether oxygens (including phenoxy) is 2. The van der Waals surface area contributed by atoms with Crippen LogP contribution in [0.25, 0.3) is 0 Å². The first-order valence-electron chi connectivity index (χ1n) is 4.87. The summed E-state index contributed by atoms with van der Waals surface area (Å²) in [5.74, 6) is 0.415. The van der Waals surface area contributed by atoms with E-state index in [9.17, 15) is 12.9 Å². The van der Waals surface area contributed by atoms with E-state index in [4.69, 9.17) is 9.47 Å². The Morgan fingerprint density at radius 1 is 1.19 bits per heavy atom. The van der Waals surface area contributed by atoms with Gasteiger partial charge in [-0.2, -0.15) is 0 Å². The normalized spacial score (nSPS) is 11.4. The predicted octanol–water partition coefficient (Wildman–Crippen LogP) is -0.378. The van der Waals surface area contributed by atoms with Crippen molar-refractivity contribution >= 4 is 6.98 Å². The second-order valence-electron chi connectivity index (χ2n) is 3.75. The van der Waals surface area contributed by atoms with Crippen molar-refractivity contribution in [2.75, 3.05) is 26.4 Å². The summed E-state index contributed by atoms with van der Waals surface area (Å²) < 4.78 is 45.9. The van der Waals surface area contributed by atoms with Gasteiger partial charge in [0.25, 0.3) is 0 Å². The van der Waals surface area contributed by atoms with Gasteiger partial charge < -0.3 is 22.4 Å². The van der Waals surface area contributed by atoms with Gasteiger partial charge in [-0.1, -0.05) is 13.8 Å². The molecule has 0 atom stereocenters. The van der Waals surface area contributed by atoms with Gasteiger partial charge >= 0.3 is 58.4 Å². The minimum absolute atomic E-state index is 0. The molecule has 0 heterocycles. The van der Waals surface area contributed by atoms with Gasteiger partial charge in [0.15, 0.2) is 0 Å². The molecule has 0 radical (unpaired) electrons. The minimum atomic E-state index is -4.97. The van der Waals surface area contributed by atoms with Crippen LogP contribution < -0.4 is 51.4 Å². The molecule has 90 valence electrons. The van der Waals surface area contributed by atoms with Crippen molar-refractivity contribution in [2.24, 2.45) is 5.92 Å². The van der Waals surface area contributed by atoms with Crippen LogP contribution in [0, 0.1) is 5.92 Å². The quantitative estimate of drug-likeness (QED) is 0.439. The Morgan fingerprint density at radius 2 is 1.69 bits per heavy atom. The van der Waals surface area contributed by atoms with Crippen molar-refractivity contribution in [3.63, 3.8) is 0 Å². The van der Waals surface area contributed by atoms with E-state index in [-0.39, 0.29) is 58.0 Å². The molecule has 0 N–H and O–H groups in total. The molecule has 0 aromatic heterocycles. The molecule has 0 spiro atoms. The van der Waals surface area contributed by atoms with Crippen molar-refractivity contribution in [2.45, 2.75) is 13.8 Å². The van der Waals surface area contributed by atoms with E-state index in [1.54, 1.807) is 0 Å². The molecule has 0 aromatic rings.